The van der Waals surface area contributed by atoms with Crippen molar-refractivity contribution >= 4 is 12.6 Å². The number of aryl methyl sites for hydroxylation is 1. The Labute approximate surface area is 156 Å². The zero-order valence-corrected chi connectivity index (χ0v) is 16.9. The molecule has 5 heteroatoms. The largest absolute Gasteiger partial charge is 0.889 e. The van der Waals surface area contributed by atoms with Crippen LogP contribution in [0.2, 0.25) is 0 Å². The molecule has 1 aromatic rings. The van der Waals surface area contributed by atoms with E-state index in [0.29, 0.717) is 5.46 Å². The molecule has 0 radical (unpaired) electrons. The minimum atomic E-state index is -1.85. The normalized spacial score (nSPS) is 9.56. The molecule has 0 bridgehead atoms. The number of unbranched alkanes of at least 4 members (excludes halogenated alkanes) is 5. The molecule has 4 nitrogen and oxygen atoms in total. The van der Waals surface area contributed by atoms with Gasteiger partial charge in [-0.2, -0.15) is 0 Å². The van der Waals surface area contributed by atoms with Crippen LogP contribution in [-0.2, 0) is 6.42 Å². The molecule has 25 heavy (non-hydrogen) atoms. The first-order chi connectivity index (χ1) is 12.1. The third-order valence-electron chi connectivity index (χ3n) is 3.78. The first-order valence-electron chi connectivity index (χ1n) is 10.1. The van der Waals surface area contributed by atoms with Crippen molar-refractivity contribution in [3.63, 3.8) is 0 Å². The number of rotatable bonds is 10. The van der Waals surface area contributed by atoms with Crippen molar-refractivity contribution in [2.75, 3.05) is 13.1 Å². The highest BCUT2D eigenvalue weighted by molar-refractivity contribution is 6.55. The molecular weight excluding hydrogens is 311 g/mol. The molecule has 146 valence electrons. The van der Waals surface area contributed by atoms with Gasteiger partial charge in [-0.1, -0.05) is 71.4 Å². The molecule has 0 amide bonds. The van der Waals surface area contributed by atoms with Gasteiger partial charge in [0.2, 0.25) is 0 Å². The smallest absolute Gasteiger partial charge is 0.0739 e. The van der Waals surface area contributed by atoms with Crippen molar-refractivity contribution in [2.24, 2.45) is 0 Å². The Kier molecular flexibility index (Phi) is 22.3. The summed E-state index contributed by atoms with van der Waals surface area (Å²) in [7, 11) is -1.85. The number of hydrogen-bond donors (Lipinski definition) is 2. The van der Waals surface area contributed by atoms with Crippen molar-refractivity contribution in [1.29, 1.82) is 0 Å². The maximum atomic E-state index is 10.5. The van der Waals surface area contributed by atoms with E-state index in [1.165, 1.54) is 44.1 Å². The lowest BCUT2D eigenvalue weighted by molar-refractivity contribution is -0.368. The molecule has 0 aromatic heterocycles. The van der Waals surface area contributed by atoms with Gasteiger partial charge in [-0.05, 0) is 44.1 Å². The van der Waals surface area contributed by atoms with Gasteiger partial charge < -0.3 is 21.5 Å². The highest BCUT2D eigenvalue weighted by Gasteiger charge is 1.92. The van der Waals surface area contributed by atoms with Crippen LogP contribution in [0.5, 0.6) is 0 Å². The third-order valence-corrected chi connectivity index (χ3v) is 3.78. The van der Waals surface area contributed by atoms with E-state index in [1.807, 2.05) is 12.1 Å². The van der Waals surface area contributed by atoms with E-state index in [-0.39, 0.29) is 0 Å². The van der Waals surface area contributed by atoms with E-state index in [0.717, 1.165) is 32.4 Å². The minimum absolute atomic E-state index is 0.334. The van der Waals surface area contributed by atoms with Crippen molar-refractivity contribution in [3.8, 4) is 0 Å². The molecule has 0 fully saturated rings. The fourth-order valence-corrected chi connectivity index (χ4v) is 2.08. The SMILES string of the molecule is CCCCC[NH3+].CCCCC[NH3+].CCCCc1ccc(B([O-])[O-])cc1. The standard InChI is InChI=1S/C10H13BO2.2C5H13N/c1-2-3-4-9-5-7-10(8-6-9)11(12)13;2*1-2-3-4-5-6/h5-8H,2-4H2,1H3;2*2-6H2,1H3/q-2;;/p+2. The summed E-state index contributed by atoms with van der Waals surface area (Å²) >= 11 is 0. The first kappa shape index (κ1) is 26.4. The zero-order valence-electron chi connectivity index (χ0n) is 16.9. The molecule has 0 atom stereocenters. The van der Waals surface area contributed by atoms with Crippen molar-refractivity contribution in [3.05, 3.63) is 29.8 Å². The predicted octanol–water partition coefficient (Wildman–Crippen LogP) is 0.282. The van der Waals surface area contributed by atoms with Crippen molar-refractivity contribution in [2.45, 2.75) is 78.6 Å². The van der Waals surface area contributed by atoms with E-state index >= 15 is 0 Å². The van der Waals surface area contributed by atoms with Crippen LogP contribution in [0.15, 0.2) is 24.3 Å². The predicted molar refractivity (Wildman–Crippen MR) is 105 cm³/mol. The molecular formula is C20H41BN2O2. The van der Waals surface area contributed by atoms with Crippen LogP contribution in [0.1, 0.15) is 77.7 Å². The summed E-state index contributed by atoms with van der Waals surface area (Å²) in [5.41, 5.74) is 8.98. The minimum Gasteiger partial charge on any atom is -0.889 e. The van der Waals surface area contributed by atoms with Crippen LogP contribution in [0, 0.1) is 0 Å². The average molecular weight is 352 g/mol. The lowest BCUT2D eigenvalue weighted by Crippen LogP contribution is -2.55. The van der Waals surface area contributed by atoms with Crippen LogP contribution in [0.3, 0.4) is 0 Å². The highest BCUT2D eigenvalue weighted by atomic mass is 16.4. The van der Waals surface area contributed by atoms with Crippen LogP contribution in [-0.4, -0.2) is 20.2 Å². The Morgan fingerprint density at radius 3 is 1.44 bits per heavy atom. The molecule has 0 aliphatic rings. The fourth-order valence-electron chi connectivity index (χ4n) is 2.08. The first-order valence-corrected chi connectivity index (χ1v) is 10.1. The molecule has 0 saturated carbocycles. The van der Waals surface area contributed by atoms with Crippen LogP contribution in [0.25, 0.3) is 0 Å². The molecule has 0 unspecified atom stereocenters. The second-order valence-corrected chi connectivity index (χ2v) is 6.30. The summed E-state index contributed by atoms with van der Waals surface area (Å²) in [6.45, 7) is 8.76. The van der Waals surface area contributed by atoms with Gasteiger partial charge in [-0.3, -0.25) is 0 Å². The summed E-state index contributed by atoms with van der Waals surface area (Å²) in [5, 5.41) is 21.0. The lowest BCUT2D eigenvalue weighted by atomic mass is 9.80. The molecule has 0 heterocycles. The summed E-state index contributed by atoms with van der Waals surface area (Å²) < 4.78 is 0. The Morgan fingerprint density at radius 1 is 0.720 bits per heavy atom. The molecule has 0 saturated heterocycles. The van der Waals surface area contributed by atoms with Gasteiger partial charge in [0.1, 0.15) is 0 Å². The Balaban J connectivity index is 0. The summed E-state index contributed by atoms with van der Waals surface area (Å²) in [5.74, 6) is 0. The van der Waals surface area contributed by atoms with Gasteiger partial charge in [0.05, 0.1) is 13.1 Å². The zero-order chi connectivity index (χ0) is 19.3. The lowest BCUT2D eigenvalue weighted by Gasteiger charge is -2.26. The second-order valence-electron chi connectivity index (χ2n) is 6.30. The molecule has 0 spiro atoms. The van der Waals surface area contributed by atoms with E-state index < -0.39 is 7.12 Å². The molecule has 1 aromatic carbocycles. The number of benzene rings is 1. The Hall–Kier alpha value is -0.875. The fraction of sp³-hybridized carbons (Fsp3) is 0.700. The summed E-state index contributed by atoms with van der Waals surface area (Å²) in [6.07, 6.45) is 11.3. The number of quaternary nitrogens is 2. The van der Waals surface area contributed by atoms with Crippen LogP contribution < -0.4 is 27.0 Å². The maximum absolute atomic E-state index is 10.5. The van der Waals surface area contributed by atoms with Gasteiger partial charge in [0.25, 0.3) is 0 Å². The molecule has 0 aliphatic carbocycles. The quantitative estimate of drug-likeness (QED) is 0.467. The van der Waals surface area contributed by atoms with Gasteiger partial charge in [-0.15, -0.1) is 5.46 Å². The summed E-state index contributed by atoms with van der Waals surface area (Å²) in [6, 6.07) is 7.01. The van der Waals surface area contributed by atoms with E-state index in [2.05, 4.69) is 32.2 Å². The van der Waals surface area contributed by atoms with Gasteiger partial charge >= 0.3 is 0 Å². The summed E-state index contributed by atoms with van der Waals surface area (Å²) in [4.78, 5) is 0. The van der Waals surface area contributed by atoms with Gasteiger partial charge in [-0.25, -0.2) is 0 Å². The molecule has 1 rings (SSSR count). The second kappa shape index (κ2) is 21.2. The number of hydrogen-bond acceptors (Lipinski definition) is 2. The Bertz CT molecular complexity index is 343. The van der Waals surface area contributed by atoms with Gasteiger partial charge in [0.15, 0.2) is 0 Å². The molecule has 0 aliphatic heterocycles. The Morgan fingerprint density at radius 2 is 1.16 bits per heavy atom. The van der Waals surface area contributed by atoms with E-state index in [9.17, 15) is 10.0 Å². The highest BCUT2D eigenvalue weighted by Crippen LogP contribution is 2.02. The monoisotopic (exact) mass is 352 g/mol. The van der Waals surface area contributed by atoms with E-state index in [4.69, 9.17) is 0 Å². The van der Waals surface area contributed by atoms with Crippen molar-refractivity contribution in [1.82, 2.24) is 0 Å². The maximum Gasteiger partial charge on any atom is 0.0739 e. The third kappa shape index (κ3) is 19.3. The van der Waals surface area contributed by atoms with Crippen molar-refractivity contribution < 1.29 is 21.5 Å². The topological polar surface area (TPSA) is 101 Å². The van der Waals surface area contributed by atoms with Crippen LogP contribution >= 0.6 is 0 Å². The van der Waals surface area contributed by atoms with Crippen LogP contribution in [0.4, 0.5) is 0 Å². The molecule has 6 N–H and O–H groups in total. The average Bonchev–Trinajstić information content (AvgIpc) is 2.64. The van der Waals surface area contributed by atoms with Gasteiger partial charge in [0, 0.05) is 0 Å². The van der Waals surface area contributed by atoms with E-state index in [1.54, 1.807) is 12.1 Å².